The number of fused-ring (bicyclic) bond motifs is 1. The number of benzene rings is 1. The fourth-order valence-corrected chi connectivity index (χ4v) is 2.75. The Hall–Kier alpha value is -1.45. The van der Waals surface area contributed by atoms with E-state index in [-0.39, 0.29) is 0 Å². The number of nitrogens with two attached hydrogens (primary N) is 1. The van der Waals surface area contributed by atoms with Crippen molar-refractivity contribution >= 4 is 10.8 Å². The number of hydrogen-bond acceptors (Lipinski definition) is 3. The van der Waals surface area contributed by atoms with Gasteiger partial charge in [-0.1, -0.05) is 24.3 Å². The van der Waals surface area contributed by atoms with E-state index in [0.29, 0.717) is 6.04 Å². The van der Waals surface area contributed by atoms with Crippen molar-refractivity contribution in [2.75, 3.05) is 13.1 Å². The molecule has 2 heterocycles. The first-order chi connectivity index (χ1) is 8.83. The molecule has 0 aliphatic carbocycles. The Morgan fingerprint density at radius 2 is 2.17 bits per heavy atom. The van der Waals surface area contributed by atoms with Gasteiger partial charge in [0.15, 0.2) is 0 Å². The van der Waals surface area contributed by atoms with Gasteiger partial charge in [0.1, 0.15) is 0 Å². The summed E-state index contributed by atoms with van der Waals surface area (Å²) >= 11 is 0. The number of aromatic nitrogens is 1. The molecule has 0 bridgehead atoms. The van der Waals surface area contributed by atoms with E-state index >= 15 is 0 Å². The van der Waals surface area contributed by atoms with Gasteiger partial charge in [-0.2, -0.15) is 0 Å². The quantitative estimate of drug-likeness (QED) is 0.876. The second-order valence-corrected chi connectivity index (χ2v) is 5.12. The van der Waals surface area contributed by atoms with Crippen molar-refractivity contribution < 1.29 is 0 Å². The van der Waals surface area contributed by atoms with Crippen LogP contribution in [0.3, 0.4) is 0 Å². The lowest BCUT2D eigenvalue weighted by Gasteiger charge is -2.30. The molecule has 1 aliphatic heterocycles. The van der Waals surface area contributed by atoms with E-state index in [0.717, 1.165) is 26.1 Å². The number of likely N-dealkylation sites (tertiary alicyclic amines) is 1. The van der Waals surface area contributed by atoms with Gasteiger partial charge in [0.2, 0.25) is 0 Å². The molecule has 0 amide bonds. The van der Waals surface area contributed by atoms with Crippen LogP contribution in [0.5, 0.6) is 0 Å². The van der Waals surface area contributed by atoms with Crippen LogP contribution in [0.2, 0.25) is 0 Å². The average Bonchev–Trinajstić information content (AvgIpc) is 2.39. The normalized spacial score (nSPS) is 21.3. The summed E-state index contributed by atoms with van der Waals surface area (Å²) in [5.74, 6) is 0. The molecule has 0 spiro atoms. The Bertz CT molecular complexity index is 533. The smallest absolute Gasteiger partial charge is 0.0622 e. The number of piperidine rings is 1. The van der Waals surface area contributed by atoms with Gasteiger partial charge in [-0.05, 0) is 30.8 Å². The summed E-state index contributed by atoms with van der Waals surface area (Å²) in [6.07, 6.45) is 4.26. The van der Waals surface area contributed by atoms with Crippen LogP contribution in [-0.4, -0.2) is 29.0 Å². The standard InChI is InChI=1S/C15H19N3/c16-13-5-3-9-18(10-13)11-15-14-6-2-1-4-12(14)7-8-17-15/h1-2,4,6-8,13H,3,5,9-11,16H2/t13-/m0/s1. The highest BCUT2D eigenvalue weighted by Crippen LogP contribution is 2.19. The zero-order chi connectivity index (χ0) is 12.4. The second-order valence-electron chi connectivity index (χ2n) is 5.12. The third-order valence-electron chi connectivity index (χ3n) is 3.67. The molecule has 94 valence electrons. The highest BCUT2D eigenvalue weighted by Gasteiger charge is 2.17. The number of rotatable bonds is 2. The molecule has 1 aromatic carbocycles. The predicted octanol–water partition coefficient (Wildman–Crippen LogP) is 2.16. The van der Waals surface area contributed by atoms with Crippen LogP contribution in [-0.2, 0) is 6.54 Å². The fraction of sp³-hybridized carbons (Fsp3) is 0.400. The first-order valence-corrected chi connectivity index (χ1v) is 6.63. The predicted molar refractivity (Wildman–Crippen MR) is 74.2 cm³/mol. The molecule has 3 rings (SSSR count). The highest BCUT2D eigenvalue weighted by molar-refractivity contribution is 5.84. The SMILES string of the molecule is N[C@H]1CCCN(Cc2nccc3ccccc23)C1. The Labute approximate surface area is 108 Å². The van der Waals surface area contributed by atoms with E-state index in [1.165, 1.54) is 22.9 Å². The van der Waals surface area contributed by atoms with Crippen LogP contribution in [0.1, 0.15) is 18.5 Å². The van der Waals surface area contributed by atoms with Crippen LogP contribution in [0, 0.1) is 0 Å². The van der Waals surface area contributed by atoms with E-state index in [4.69, 9.17) is 5.73 Å². The van der Waals surface area contributed by atoms with Gasteiger partial charge in [-0.15, -0.1) is 0 Å². The fourth-order valence-electron chi connectivity index (χ4n) is 2.75. The van der Waals surface area contributed by atoms with Crippen LogP contribution in [0.25, 0.3) is 10.8 Å². The molecule has 1 atom stereocenters. The largest absolute Gasteiger partial charge is 0.327 e. The average molecular weight is 241 g/mol. The topological polar surface area (TPSA) is 42.1 Å². The van der Waals surface area contributed by atoms with Crippen molar-refractivity contribution in [3.05, 3.63) is 42.2 Å². The van der Waals surface area contributed by atoms with Gasteiger partial charge in [0, 0.05) is 30.7 Å². The lowest BCUT2D eigenvalue weighted by Crippen LogP contribution is -2.42. The summed E-state index contributed by atoms with van der Waals surface area (Å²) in [4.78, 5) is 6.96. The summed E-state index contributed by atoms with van der Waals surface area (Å²) in [6, 6.07) is 10.8. The van der Waals surface area contributed by atoms with E-state index < -0.39 is 0 Å². The maximum absolute atomic E-state index is 6.03. The molecule has 18 heavy (non-hydrogen) atoms. The van der Waals surface area contributed by atoms with Crippen molar-refractivity contribution in [1.82, 2.24) is 9.88 Å². The molecule has 2 aromatic rings. The minimum Gasteiger partial charge on any atom is -0.327 e. The maximum Gasteiger partial charge on any atom is 0.0622 e. The first kappa shape index (κ1) is 11.6. The molecular weight excluding hydrogens is 222 g/mol. The molecule has 3 heteroatoms. The van der Waals surface area contributed by atoms with Gasteiger partial charge < -0.3 is 5.73 Å². The summed E-state index contributed by atoms with van der Waals surface area (Å²) < 4.78 is 0. The van der Waals surface area contributed by atoms with Crippen LogP contribution in [0.4, 0.5) is 0 Å². The van der Waals surface area contributed by atoms with Gasteiger partial charge in [-0.25, -0.2) is 0 Å². The molecule has 1 aliphatic rings. The summed E-state index contributed by atoms with van der Waals surface area (Å²) in [5, 5.41) is 2.53. The third-order valence-corrected chi connectivity index (χ3v) is 3.67. The van der Waals surface area contributed by atoms with E-state index in [2.05, 4.69) is 40.2 Å². The van der Waals surface area contributed by atoms with Gasteiger partial charge >= 0.3 is 0 Å². The molecule has 0 unspecified atom stereocenters. The van der Waals surface area contributed by atoms with Crippen molar-refractivity contribution in [2.45, 2.75) is 25.4 Å². The van der Waals surface area contributed by atoms with Gasteiger partial charge in [0.05, 0.1) is 5.69 Å². The van der Waals surface area contributed by atoms with Crippen molar-refractivity contribution in [2.24, 2.45) is 5.73 Å². The number of hydrogen-bond donors (Lipinski definition) is 1. The zero-order valence-corrected chi connectivity index (χ0v) is 10.5. The van der Waals surface area contributed by atoms with E-state index in [9.17, 15) is 0 Å². The Morgan fingerprint density at radius 1 is 1.28 bits per heavy atom. The minimum absolute atomic E-state index is 0.328. The minimum atomic E-state index is 0.328. The second kappa shape index (κ2) is 5.04. The molecule has 0 saturated carbocycles. The Kier molecular flexibility index (Phi) is 3.26. The molecule has 0 radical (unpaired) electrons. The third kappa shape index (κ3) is 2.37. The monoisotopic (exact) mass is 241 g/mol. The molecule has 1 aromatic heterocycles. The van der Waals surface area contributed by atoms with Crippen molar-refractivity contribution in [3.63, 3.8) is 0 Å². The Balaban J connectivity index is 1.86. The molecular formula is C15H19N3. The summed E-state index contributed by atoms with van der Waals surface area (Å²) in [5.41, 5.74) is 7.20. The zero-order valence-electron chi connectivity index (χ0n) is 10.5. The van der Waals surface area contributed by atoms with Crippen LogP contribution < -0.4 is 5.73 Å². The lowest BCUT2D eigenvalue weighted by molar-refractivity contribution is 0.200. The molecule has 3 nitrogen and oxygen atoms in total. The van der Waals surface area contributed by atoms with Gasteiger partial charge in [0.25, 0.3) is 0 Å². The van der Waals surface area contributed by atoms with Gasteiger partial charge in [-0.3, -0.25) is 9.88 Å². The van der Waals surface area contributed by atoms with Crippen LogP contribution >= 0.6 is 0 Å². The van der Waals surface area contributed by atoms with Crippen molar-refractivity contribution in [1.29, 1.82) is 0 Å². The number of pyridine rings is 1. The van der Waals surface area contributed by atoms with E-state index in [1.807, 2.05) is 6.20 Å². The highest BCUT2D eigenvalue weighted by atomic mass is 15.1. The molecule has 1 fully saturated rings. The Morgan fingerprint density at radius 3 is 3.06 bits per heavy atom. The molecule has 2 N–H and O–H groups in total. The van der Waals surface area contributed by atoms with Crippen LogP contribution in [0.15, 0.2) is 36.5 Å². The maximum atomic E-state index is 6.03. The summed E-state index contributed by atoms with van der Waals surface area (Å²) in [7, 11) is 0. The number of nitrogens with zero attached hydrogens (tertiary/aromatic N) is 2. The first-order valence-electron chi connectivity index (χ1n) is 6.63. The van der Waals surface area contributed by atoms with Crippen molar-refractivity contribution in [3.8, 4) is 0 Å². The lowest BCUT2D eigenvalue weighted by atomic mass is 10.1. The summed E-state index contributed by atoms with van der Waals surface area (Å²) in [6.45, 7) is 3.04. The molecule has 1 saturated heterocycles. The van der Waals surface area contributed by atoms with E-state index in [1.54, 1.807) is 0 Å².